The van der Waals surface area contributed by atoms with Crippen LogP contribution in [0.3, 0.4) is 0 Å². The molecule has 1 fully saturated rings. The van der Waals surface area contributed by atoms with E-state index in [2.05, 4.69) is 44.0 Å². The van der Waals surface area contributed by atoms with Gasteiger partial charge in [0, 0.05) is 36.1 Å². The van der Waals surface area contributed by atoms with E-state index in [0.29, 0.717) is 12.0 Å². The first-order valence-electron chi connectivity index (χ1n) is 6.61. The van der Waals surface area contributed by atoms with E-state index in [1.165, 1.54) is 4.88 Å². The van der Waals surface area contributed by atoms with Crippen molar-refractivity contribution in [1.29, 1.82) is 0 Å². The van der Waals surface area contributed by atoms with Gasteiger partial charge >= 0.3 is 0 Å². The van der Waals surface area contributed by atoms with Gasteiger partial charge < -0.3 is 5.32 Å². The van der Waals surface area contributed by atoms with Crippen LogP contribution >= 0.6 is 22.9 Å². The first kappa shape index (κ1) is 14.3. The van der Waals surface area contributed by atoms with Gasteiger partial charge in [-0.25, -0.2) is 0 Å². The van der Waals surface area contributed by atoms with E-state index in [0.717, 1.165) is 24.0 Å². The molecule has 1 N–H and O–H groups in total. The Balaban J connectivity index is 2.07. The summed E-state index contributed by atoms with van der Waals surface area (Å²) in [7, 11) is 0. The fourth-order valence-corrected chi connectivity index (χ4v) is 3.50. The van der Waals surface area contributed by atoms with Gasteiger partial charge in [0.15, 0.2) is 0 Å². The highest BCUT2D eigenvalue weighted by Gasteiger charge is 2.34. The van der Waals surface area contributed by atoms with Gasteiger partial charge in [-0.1, -0.05) is 25.4 Å². The van der Waals surface area contributed by atoms with E-state index < -0.39 is 0 Å². The highest BCUT2D eigenvalue weighted by molar-refractivity contribution is 7.16. The van der Waals surface area contributed by atoms with Crippen LogP contribution < -0.4 is 5.32 Å². The van der Waals surface area contributed by atoms with E-state index in [1.807, 2.05) is 6.07 Å². The Kier molecular flexibility index (Phi) is 4.37. The average Bonchev–Trinajstić information content (AvgIpc) is 2.67. The molecule has 2 nitrogen and oxygen atoms in total. The van der Waals surface area contributed by atoms with Crippen molar-refractivity contribution >= 4 is 22.9 Å². The molecule has 0 bridgehead atoms. The maximum absolute atomic E-state index is 6.02. The highest BCUT2D eigenvalue weighted by atomic mass is 35.5. The second-order valence-electron chi connectivity index (χ2n) is 6.13. The Morgan fingerprint density at radius 2 is 2.22 bits per heavy atom. The molecule has 0 saturated carbocycles. The lowest BCUT2D eigenvalue weighted by atomic mass is 9.93. The third kappa shape index (κ3) is 3.27. The quantitative estimate of drug-likeness (QED) is 0.913. The van der Waals surface area contributed by atoms with Gasteiger partial charge in [-0.05, 0) is 31.9 Å². The molecule has 2 heterocycles. The first-order chi connectivity index (χ1) is 8.38. The van der Waals surface area contributed by atoms with E-state index >= 15 is 0 Å². The zero-order valence-electron chi connectivity index (χ0n) is 11.7. The molecule has 0 aliphatic carbocycles. The second-order valence-corrected chi connectivity index (χ2v) is 7.93. The van der Waals surface area contributed by atoms with Gasteiger partial charge in [-0.15, -0.1) is 11.3 Å². The summed E-state index contributed by atoms with van der Waals surface area (Å²) in [5.74, 6) is 0.676. The largest absolute Gasteiger partial charge is 0.311 e. The Hall–Kier alpha value is -0.0900. The Labute approximate surface area is 119 Å². The van der Waals surface area contributed by atoms with Crippen LogP contribution in [0.4, 0.5) is 0 Å². The van der Waals surface area contributed by atoms with Crippen molar-refractivity contribution in [1.82, 2.24) is 10.2 Å². The third-order valence-corrected chi connectivity index (χ3v) is 5.07. The molecule has 1 unspecified atom stereocenters. The Morgan fingerprint density at radius 3 is 2.78 bits per heavy atom. The number of hydrogen-bond acceptors (Lipinski definition) is 3. The number of halogens is 1. The van der Waals surface area contributed by atoms with E-state index in [9.17, 15) is 0 Å². The van der Waals surface area contributed by atoms with Crippen LogP contribution in [0.25, 0.3) is 0 Å². The molecule has 0 spiro atoms. The summed E-state index contributed by atoms with van der Waals surface area (Å²) in [6, 6.07) is 4.74. The predicted molar refractivity (Wildman–Crippen MR) is 80.4 cm³/mol. The number of nitrogens with zero attached hydrogens (tertiary/aromatic N) is 1. The predicted octanol–water partition coefficient (Wildman–Crippen LogP) is 3.61. The zero-order chi connectivity index (χ0) is 13.3. The second kappa shape index (κ2) is 5.49. The first-order valence-corrected chi connectivity index (χ1v) is 7.80. The third-order valence-electron chi connectivity index (χ3n) is 3.85. The van der Waals surface area contributed by atoms with Gasteiger partial charge in [-0.2, -0.15) is 0 Å². The minimum Gasteiger partial charge on any atom is -0.311 e. The molecule has 1 atom stereocenters. The standard InChI is InChI=1S/C14H23ClN2S/c1-10(2)12-8-17(14(3,4)9-16-12)7-11-5-6-13(15)18-11/h5-6,10,12,16H,7-9H2,1-4H3. The fraction of sp³-hybridized carbons (Fsp3) is 0.714. The maximum Gasteiger partial charge on any atom is 0.0931 e. The Bertz CT molecular complexity index is 400. The molecule has 2 rings (SSSR count). The molecule has 102 valence electrons. The van der Waals surface area contributed by atoms with Gasteiger partial charge in [0.25, 0.3) is 0 Å². The van der Waals surface area contributed by atoms with Crippen molar-refractivity contribution in [2.45, 2.75) is 45.8 Å². The van der Waals surface area contributed by atoms with Crippen molar-refractivity contribution in [3.05, 3.63) is 21.3 Å². The monoisotopic (exact) mass is 286 g/mol. The molecule has 1 saturated heterocycles. The van der Waals surface area contributed by atoms with E-state index in [4.69, 9.17) is 11.6 Å². The summed E-state index contributed by atoms with van der Waals surface area (Å²) >= 11 is 7.71. The van der Waals surface area contributed by atoms with Crippen molar-refractivity contribution in [2.75, 3.05) is 13.1 Å². The van der Waals surface area contributed by atoms with Gasteiger partial charge in [0.05, 0.1) is 4.34 Å². The topological polar surface area (TPSA) is 15.3 Å². The summed E-state index contributed by atoms with van der Waals surface area (Å²) in [4.78, 5) is 3.94. The molecule has 4 heteroatoms. The van der Waals surface area contributed by atoms with Crippen LogP contribution in [0.15, 0.2) is 12.1 Å². The number of rotatable bonds is 3. The lowest BCUT2D eigenvalue weighted by Crippen LogP contribution is -2.62. The minimum atomic E-state index is 0.210. The molecular formula is C14H23ClN2S. The summed E-state index contributed by atoms with van der Waals surface area (Å²) in [6.45, 7) is 12.4. The lowest BCUT2D eigenvalue weighted by molar-refractivity contribution is 0.0484. The average molecular weight is 287 g/mol. The Morgan fingerprint density at radius 1 is 1.50 bits per heavy atom. The number of piperazine rings is 1. The highest BCUT2D eigenvalue weighted by Crippen LogP contribution is 2.28. The summed E-state index contributed by atoms with van der Waals surface area (Å²) in [5.41, 5.74) is 0.210. The fourth-order valence-electron chi connectivity index (χ4n) is 2.39. The molecule has 18 heavy (non-hydrogen) atoms. The lowest BCUT2D eigenvalue weighted by Gasteiger charge is -2.47. The van der Waals surface area contributed by atoms with Crippen LogP contribution in [0, 0.1) is 5.92 Å². The van der Waals surface area contributed by atoms with Crippen molar-refractivity contribution in [2.24, 2.45) is 5.92 Å². The molecule has 1 aliphatic rings. The molecule has 1 aromatic heterocycles. The van der Waals surface area contributed by atoms with Crippen LogP contribution in [0.5, 0.6) is 0 Å². The van der Waals surface area contributed by atoms with E-state index in [1.54, 1.807) is 11.3 Å². The summed E-state index contributed by atoms with van der Waals surface area (Å²) < 4.78 is 0.887. The number of thiophene rings is 1. The van der Waals surface area contributed by atoms with Gasteiger partial charge in [-0.3, -0.25) is 4.90 Å². The maximum atomic E-state index is 6.02. The van der Waals surface area contributed by atoms with E-state index in [-0.39, 0.29) is 5.54 Å². The zero-order valence-corrected chi connectivity index (χ0v) is 13.2. The van der Waals surface area contributed by atoms with Crippen molar-refractivity contribution < 1.29 is 0 Å². The molecule has 1 aliphatic heterocycles. The van der Waals surface area contributed by atoms with Crippen LogP contribution in [0.1, 0.15) is 32.6 Å². The van der Waals surface area contributed by atoms with Gasteiger partial charge in [0.2, 0.25) is 0 Å². The van der Waals surface area contributed by atoms with Crippen LogP contribution in [-0.4, -0.2) is 29.6 Å². The molecule has 0 aromatic carbocycles. The molecular weight excluding hydrogens is 264 g/mol. The summed E-state index contributed by atoms with van der Waals surface area (Å²) in [6.07, 6.45) is 0. The SMILES string of the molecule is CC(C)C1CN(Cc2ccc(Cl)s2)C(C)(C)CN1. The van der Waals surface area contributed by atoms with Crippen LogP contribution in [-0.2, 0) is 6.54 Å². The summed E-state index contributed by atoms with van der Waals surface area (Å²) in [5, 5.41) is 3.67. The molecule has 1 aromatic rings. The number of hydrogen-bond donors (Lipinski definition) is 1. The number of nitrogens with one attached hydrogen (secondary N) is 1. The molecule has 0 amide bonds. The smallest absolute Gasteiger partial charge is 0.0931 e. The minimum absolute atomic E-state index is 0.210. The van der Waals surface area contributed by atoms with Crippen molar-refractivity contribution in [3.63, 3.8) is 0 Å². The normalized spacial score (nSPS) is 24.7. The van der Waals surface area contributed by atoms with Gasteiger partial charge in [0.1, 0.15) is 0 Å². The molecule has 0 radical (unpaired) electrons. The van der Waals surface area contributed by atoms with Crippen molar-refractivity contribution in [3.8, 4) is 0 Å². The van der Waals surface area contributed by atoms with Crippen LogP contribution in [0.2, 0.25) is 4.34 Å².